The second-order valence-electron chi connectivity index (χ2n) is 5.13. The highest BCUT2D eigenvalue weighted by atomic mass is 19.1. The van der Waals surface area contributed by atoms with Crippen LogP contribution in [0.1, 0.15) is 30.1 Å². The monoisotopic (exact) mass is 295 g/mol. The Balaban J connectivity index is 2.06. The quantitative estimate of drug-likeness (QED) is 0.680. The molecule has 6 nitrogen and oxygen atoms in total. The van der Waals surface area contributed by atoms with Gasteiger partial charge in [0.15, 0.2) is 0 Å². The van der Waals surface area contributed by atoms with E-state index in [4.69, 9.17) is 0 Å². The molecule has 0 aliphatic carbocycles. The van der Waals surface area contributed by atoms with Gasteiger partial charge >= 0.3 is 5.69 Å². The summed E-state index contributed by atoms with van der Waals surface area (Å²) in [6.07, 6.45) is 1.88. The van der Waals surface area contributed by atoms with E-state index in [0.29, 0.717) is 0 Å². The van der Waals surface area contributed by atoms with Gasteiger partial charge in [0.2, 0.25) is 5.82 Å². The zero-order chi connectivity index (χ0) is 15.4. The number of nitrogens with one attached hydrogen (secondary N) is 1. The van der Waals surface area contributed by atoms with E-state index in [9.17, 15) is 19.3 Å². The summed E-state index contributed by atoms with van der Waals surface area (Å²) in [4.78, 5) is 24.2. The fourth-order valence-electron chi connectivity index (χ4n) is 2.52. The van der Waals surface area contributed by atoms with Crippen LogP contribution in [-0.2, 0) is 0 Å². The number of hydrogen-bond donors (Lipinski definition) is 1. The van der Waals surface area contributed by atoms with Gasteiger partial charge in [-0.3, -0.25) is 14.9 Å². The minimum Gasteiger partial charge on any atom is -0.348 e. The fourth-order valence-corrected chi connectivity index (χ4v) is 2.52. The lowest BCUT2D eigenvalue weighted by Crippen LogP contribution is -2.47. The molecule has 1 fully saturated rings. The van der Waals surface area contributed by atoms with Gasteiger partial charge in [-0.15, -0.1) is 0 Å². The zero-order valence-corrected chi connectivity index (χ0v) is 11.8. The van der Waals surface area contributed by atoms with Crippen molar-refractivity contribution in [1.82, 2.24) is 10.2 Å². The molecule has 7 heteroatoms. The predicted octanol–water partition coefficient (Wildman–Crippen LogP) is 1.95. The fraction of sp³-hybridized carbons (Fsp3) is 0.500. The van der Waals surface area contributed by atoms with E-state index >= 15 is 0 Å². The predicted molar refractivity (Wildman–Crippen MR) is 75.7 cm³/mol. The molecular formula is C14H18FN3O3. The zero-order valence-electron chi connectivity index (χ0n) is 11.8. The van der Waals surface area contributed by atoms with Crippen molar-refractivity contribution in [2.75, 3.05) is 19.6 Å². The van der Waals surface area contributed by atoms with Crippen LogP contribution in [0.2, 0.25) is 0 Å². The Morgan fingerprint density at radius 3 is 3.00 bits per heavy atom. The molecule has 1 atom stereocenters. The van der Waals surface area contributed by atoms with Crippen LogP contribution in [0.4, 0.5) is 10.1 Å². The van der Waals surface area contributed by atoms with Gasteiger partial charge in [0.25, 0.3) is 5.91 Å². The number of amides is 1. The van der Waals surface area contributed by atoms with Gasteiger partial charge in [0.1, 0.15) is 0 Å². The molecule has 1 heterocycles. The minimum atomic E-state index is -0.939. The van der Waals surface area contributed by atoms with E-state index < -0.39 is 22.3 Å². The van der Waals surface area contributed by atoms with Gasteiger partial charge in [-0.2, -0.15) is 4.39 Å². The Morgan fingerprint density at radius 1 is 1.57 bits per heavy atom. The number of carbonyl (C=O) groups is 1. The molecule has 1 saturated heterocycles. The van der Waals surface area contributed by atoms with Crippen LogP contribution in [0, 0.1) is 15.9 Å². The Kier molecular flexibility index (Phi) is 4.85. The second kappa shape index (κ2) is 6.62. The number of piperidine rings is 1. The topological polar surface area (TPSA) is 75.5 Å². The largest absolute Gasteiger partial charge is 0.348 e. The van der Waals surface area contributed by atoms with E-state index in [0.717, 1.165) is 44.6 Å². The number of carbonyl (C=O) groups excluding carboxylic acids is 1. The summed E-state index contributed by atoms with van der Waals surface area (Å²) < 4.78 is 13.3. The highest BCUT2D eigenvalue weighted by molar-refractivity contribution is 5.95. The number of likely N-dealkylation sites (N-methyl/N-ethyl adjacent to an activating group) is 1. The van der Waals surface area contributed by atoms with Crippen molar-refractivity contribution in [3.8, 4) is 0 Å². The standard InChI is InChI=1S/C14H18FN3O3/c1-2-17-7-3-4-11(9-17)16-14(19)10-5-6-12(15)13(8-10)18(20)21/h5-6,8,11H,2-4,7,9H2,1H3,(H,16,19). The van der Waals surface area contributed by atoms with Crippen molar-refractivity contribution in [3.63, 3.8) is 0 Å². The molecule has 1 N–H and O–H groups in total. The van der Waals surface area contributed by atoms with Crippen molar-refractivity contribution in [2.24, 2.45) is 0 Å². The van der Waals surface area contributed by atoms with Gasteiger partial charge in [0.05, 0.1) is 4.92 Å². The second-order valence-corrected chi connectivity index (χ2v) is 5.13. The average molecular weight is 295 g/mol. The molecule has 1 aliphatic rings. The summed E-state index contributed by atoms with van der Waals surface area (Å²) in [7, 11) is 0. The number of likely N-dealkylation sites (tertiary alicyclic amines) is 1. The van der Waals surface area contributed by atoms with Crippen LogP contribution in [0.15, 0.2) is 18.2 Å². The van der Waals surface area contributed by atoms with Gasteiger partial charge in [-0.25, -0.2) is 0 Å². The van der Waals surface area contributed by atoms with Gasteiger partial charge in [-0.05, 0) is 38.1 Å². The SMILES string of the molecule is CCN1CCCC(NC(=O)c2ccc(F)c([N+](=O)[O-])c2)C1. The van der Waals surface area contributed by atoms with Crippen molar-refractivity contribution < 1.29 is 14.1 Å². The summed E-state index contributed by atoms with van der Waals surface area (Å²) in [5.41, 5.74) is -0.571. The Bertz CT molecular complexity index is 550. The third kappa shape index (κ3) is 3.75. The molecule has 21 heavy (non-hydrogen) atoms. The Labute approximate surface area is 122 Å². The molecule has 1 unspecified atom stereocenters. The maximum atomic E-state index is 13.3. The molecule has 1 aromatic carbocycles. The van der Waals surface area contributed by atoms with Crippen molar-refractivity contribution in [1.29, 1.82) is 0 Å². The molecule has 1 aliphatic heterocycles. The van der Waals surface area contributed by atoms with E-state index in [2.05, 4.69) is 17.1 Å². The summed E-state index contributed by atoms with van der Waals surface area (Å²) in [5, 5.41) is 13.6. The van der Waals surface area contributed by atoms with Crippen LogP contribution in [0.25, 0.3) is 0 Å². The van der Waals surface area contributed by atoms with Crippen LogP contribution in [0.3, 0.4) is 0 Å². The molecule has 0 bridgehead atoms. The van der Waals surface area contributed by atoms with Crippen LogP contribution in [0.5, 0.6) is 0 Å². The number of nitro benzene ring substituents is 1. The summed E-state index contributed by atoms with van der Waals surface area (Å²) in [6.45, 7) is 4.78. The van der Waals surface area contributed by atoms with Crippen molar-refractivity contribution >= 4 is 11.6 Å². The Morgan fingerprint density at radius 2 is 2.33 bits per heavy atom. The molecule has 0 saturated carbocycles. The van der Waals surface area contributed by atoms with Gasteiger partial charge < -0.3 is 10.2 Å². The first-order valence-corrected chi connectivity index (χ1v) is 6.98. The Hall–Kier alpha value is -2.02. The molecule has 0 radical (unpaired) electrons. The van der Waals surface area contributed by atoms with E-state index in [-0.39, 0.29) is 11.6 Å². The average Bonchev–Trinajstić information content (AvgIpc) is 2.47. The lowest BCUT2D eigenvalue weighted by Gasteiger charge is -2.32. The van der Waals surface area contributed by atoms with Crippen molar-refractivity contribution in [2.45, 2.75) is 25.8 Å². The maximum absolute atomic E-state index is 13.3. The van der Waals surface area contributed by atoms with Crippen LogP contribution in [-0.4, -0.2) is 41.4 Å². The number of nitrogens with zero attached hydrogens (tertiary/aromatic N) is 2. The molecular weight excluding hydrogens is 277 g/mol. The highest BCUT2D eigenvalue weighted by Crippen LogP contribution is 2.19. The van der Waals surface area contributed by atoms with Gasteiger partial charge in [-0.1, -0.05) is 6.92 Å². The first kappa shape index (κ1) is 15.4. The van der Waals surface area contributed by atoms with Crippen LogP contribution < -0.4 is 5.32 Å². The van der Waals surface area contributed by atoms with E-state index in [1.807, 2.05) is 0 Å². The minimum absolute atomic E-state index is 0.0234. The molecule has 0 aromatic heterocycles. The molecule has 2 rings (SSSR count). The lowest BCUT2D eigenvalue weighted by molar-refractivity contribution is -0.387. The van der Waals surface area contributed by atoms with Crippen LogP contribution >= 0.6 is 0 Å². The van der Waals surface area contributed by atoms with E-state index in [1.165, 1.54) is 6.07 Å². The highest BCUT2D eigenvalue weighted by Gasteiger charge is 2.22. The summed E-state index contributed by atoms with van der Waals surface area (Å²) in [6, 6.07) is 3.21. The molecule has 1 aromatic rings. The summed E-state index contributed by atoms with van der Waals surface area (Å²) >= 11 is 0. The number of halogens is 1. The number of benzene rings is 1. The van der Waals surface area contributed by atoms with Gasteiger partial charge in [0, 0.05) is 24.2 Å². The number of hydrogen-bond acceptors (Lipinski definition) is 4. The first-order valence-electron chi connectivity index (χ1n) is 6.98. The third-order valence-corrected chi connectivity index (χ3v) is 3.69. The molecule has 1 amide bonds. The number of rotatable bonds is 4. The number of nitro groups is 1. The van der Waals surface area contributed by atoms with E-state index in [1.54, 1.807) is 0 Å². The van der Waals surface area contributed by atoms with Crippen molar-refractivity contribution in [3.05, 3.63) is 39.7 Å². The smallest absolute Gasteiger partial charge is 0.305 e. The maximum Gasteiger partial charge on any atom is 0.305 e. The first-order chi connectivity index (χ1) is 10.0. The third-order valence-electron chi connectivity index (χ3n) is 3.69. The molecule has 114 valence electrons. The summed E-state index contributed by atoms with van der Waals surface area (Å²) in [5.74, 6) is -1.34. The normalized spacial score (nSPS) is 19.2. The molecule has 0 spiro atoms. The lowest BCUT2D eigenvalue weighted by atomic mass is 10.0.